The van der Waals surface area contributed by atoms with Gasteiger partial charge in [0.2, 0.25) is 0 Å². The van der Waals surface area contributed by atoms with E-state index in [9.17, 15) is 0 Å². The van der Waals surface area contributed by atoms with Crippen LogP contribution in [0, 0.1) is 0 Å². The molecule has 3 nitrogen and oxygen atoms in total. The minimum atomic E-state index is -0.264. The lowest BCUT2D eigenvalue weighted by atomic mass is 9.95. The normalized spacial score (nSPS) is 12.5. The van der Waals surface area contributed by atoms with Crippen LogP contribution in [0.1, 0.15) is 29.9 Å². The number of nitrogens with two attached hydrogens (primary N) is 1. The number of hydrogen-bond donors (Lipinski definition) is 1. The van der Waals surface area contributed by atoms with Crippen LogP contribution in [0.15, 0.2) is 52.9 Å². The number of ether oxygens (including phenoxy) is 1. The van der Waals surface area contributed by atoms with Gasteiger partial charge in [0.15, 0.2) is 0 Å². The number of benzene rings is 2. The van der Waals surface area contributed by atoms with Gasteiger partial charge in [0.1, 0.15) is 17.1 Å². The molecule has 1 unspecified atom stereocenters. The van der Waals surface area contributed by atoms with Gasteiger partial charge >= 0.3 is 0 Å². The molecule has 0 fully saturated rings. The van der Waals surface area contributed by atoms with Gasteiger partial charge in [-0.1, -0.05) is 43.3 Å². The van der Waals surface area contributed by atoms with E-state index in [1.807, 2.05) is 42.5 Å². The Kier molecular flexibility index (Phi) is 3.67. The van der Waals surface area contributed by atoms with Crippen molar-refractivity contribution in [3.8, 4) is 5.75 Å². The Hall–Kier alpha value is -2.26. The molecule has 0 spiro atoms. The Morgan fingerprint density at radius 2 is 1.81 bits per heavy atom. The first-order chi connectivity index (χ1) is 10.3. The zero-order valence-electron chi connectivity index (χ0n) is 12.3. The average molecular weight is 281 g/mol. The summed E-state index contributed by atoms with van der Waals surface area (Å²) < 4.78 is 11.4. The molecule has 1 atom stereocenters. The molecule has 1 heterocycles. The van der Waals surface area contributed by atoms with Crippen molar-refractivity contribution in [3.05, 3.63) is 65.4 Å². The number of para-hydroxylation sites is 2. The maximum Gasteiger partial charge on any atom is 0.134 e. The molecule has 2 aromatic carbocycles. The molecule has 0 aliphatic heterocycles. The van der Waals surface area contributed by atoms with Crippen LogP contribution in [0.2, 0.25) is 0 Å². The zero-order chi connectivity index (χ0) is 14.8. The van der Waals surface area contributed by atoms with E-state index in [0.717, 1.165) is 40.0 Å². The number of fused-ring (bicyclic) bond motifs is 1. The Morgan fingerprint density at radius 3 is 2.57 bits per heavy atom. The van der Waals surface area contributed by atoms with Gasteiger partial charge in [0.25, 0.3) is 0 Å². The van der Waals surface area contributed by atoms with Gasteiger partial charge in [-0.3, -0.25) is 0 Å². The van der Waals surface area contributed by atoms with Crippen molar-refractivity contribution in [1.29, 1.82) is 0 Å². The van der Waals surface area contributed by atoms with Crippen LogP contribution in [-0.2, 0) is 6.42 Å². The fraction of sp³-hybridized carbons (Fsp3) is 0.222. The molecule has 0 aliphatic carbocycles. The van der Waals surface area contributed by atoms with E-state index in [4.69, 9.17) is 14.9 Å². The van der Waals surface area contributed by atoms with Crippen LogP contribution in [0.4, 0.5) is 0 Å². The lowest BCUT2D eigenvalue weighted by Crippen LogP contribution is -2.14. The van der Waals surface area contributed by atoms with Gasteiger partial charge in [-0.25, -0.2) is 0 Å². The summed E-state index contributed by atoms with van der Waals surface area (Å²) in [4.78, 5) is 0. The zero-order valence-corrected chi connectivity index (χ0v) is 12.3. The van der Waals surface area contributed by atoms with Crippen LogP contribution in [0.5, 0.6) is 5.75 Å². The highest BCUT2D eigenvalue weighted by atomic mass is 16.5. The number of rotatable bonds is 4. The van der Waals surface area contributed by atoms with Crippen molar-refractivity contribution in [2.45, 2.75) is 19.4 Å². The van der Waals surface area contributed by atoms with Crippen molar-refractivity contribution in [1.82, 2.24) is 0 Å². The van der Waals surface area contributed by atoms with E-state index in [0.29, 0.717) is 0 Å². The highest BCUT2D eigenvalue weighted by Crippen LogP contribution is 2.36. The third-order valence-corrected chi connectivity index (χ3v) is 3.82. The minimum absolute atomic E-state index is 0.264. The van der Waals surface area contributed by atoms with Crippen LogP contribution in [0.25, 0.3) is 11.0 Å². The third-order valence-electron chi connectivity index (χ3n) is 3.82. The molecular weight excluding hydrogens is 262 g/mol. The standard InChI is InChI=1S/C18H19NO2/c1-3-14-17(12-8-4-7-11-16(12)21-14)18(19)13-9-5-6-10-15(13)20-2/h4-11,18H,3,19H2,1-2H3. The third kappa shape index (κ3) is 2.30. The second-order valence-corrected chi connectivity index (χ2v) is 5.01. The van der Waals surface area contributed by atoms with Gasteiger partial charge in [0, 0.05) is 22.9 Å². The molecule has 1 aromatic heterocycles. The molecule has 21 heavy (non-hydrogen) atoms. The lowest BCUT2D eigenvalue weighted by molar-refractivity contribution is 0.407. The first-order valence-corrected chi connectivity index (χ1v) is 7.15. The van der Waals surface area contributed by atoms with Crippen molar-refractivity contribution in [2.24, 2.45) is 5.73 Å². The average Bonchev–Trinajstić information content (AvgIpc) is 2.92. The molecule has 0 radical (unpaired) electrons. The Bertz CT molecular complexity index is 761. The molecule has 108 valence electrons. The number of furan rings is 1. The molecule has 0 saturated carbocycles. The molecule has 0 bridgehead atoms. The number of aryl methyl sites for hydroxylation is 1. The predicted molar refractivity (Wildman–Crippen MR) is 84.6 cm³/mol. The lowest BCUT2D eigenvalue weighted by Gasteiger charge is -2.16. The quantitative estimate of drug-likeness (QED) is 0.784. The highest BCUT2D eigenvalue weighted by molar-refractivity contribution is 5.83. The van der Waals surface area contributed by atoms with E-state index in [2.05, 4.69) is 13.0 Å². The van der Waals surface area contributed by atoms with Crippen LogP contribution < -0.4 is 10.5 Å². The SMILES string of the molecule is CCc1oc2ccccc2c1C(N)c1ccccc1OC. The minimum Gasteiger partial charge on any atom is -0.496 e. The second kappa shape index (κ2) is 5.62. The van der Waals surface area contributed by atoms with Crippen molar-refractivity contribution in [2.75, 3.05) is 7.11 Å². The molecule has 0 aliphatic rings. The van der Waals surface area contributed by atoms with Crippen molar-refractivity contribution >= 4 is 11.0 Å². The van der Waals surface area contributed by atoms with Gasteiger partial charge in [0.05, 0.1) is 13.2 Å². The van der Waals surface area contributed by atoms with Crippen LogP contribution >= 0.6 is 0 Å². The maximum atomic E-state index is 6.54. The summed E-state index contributed by atoms with van der Waals surface area (Å²) in [7, 11) is 1.67. The smallest absolute Gasteiger partial charge is 0.134 e. The molecule has 0 amide bonds. The summed E-state index contributed by atoms with van der Waals surface area (Å²) in [6, 6.07) is 15.6. The summed E-state index contributed by atoms with van der Waals surface area (Å²) in [5, 5.41) is 1.08. The van der Waals surface area contributed by atoms with E-state index < -0.39 is 0 Å². The highest BCUT2D eigenvalue weighted by Gasteiger charge is 2.22. The second-order valence-electron chi connectivity index (χ2n) is 5.01. The molecule has 2 N–H and O–H groups in total. The molecular formula is C18H19NO2. The number of hydrogen-bond acceptors (Lipinski definition) is 3. The maximum absolute atomic E-state index is 6.54. The van der Waals surface area contributed by atoms with Gasteiger partial charge in [-0.15, -0.1) is 0 Å². The number of methoxy groups -OCH3 is 1. The van der Waals surface area contributed by atoms with E-state index >= 15 is 0 Å². The molecule has 0 saturated heterocycles. The van der Waals surface area contributed by atoms with Gasteiger partial charge in [-0.05, 0) is 12.1 Å². The summed E-state index contributed by atoms with van der Waals surface area (Å²) in [6.07, 6.45) is 0.812. The molecule has 3 aromatic rings. The Labute approximate surface area is 124 Å². The van der Waals surface area contributed by atoms with Gasteiger partial charge in [-0.2, -0.15) is 0 Å². The fourth-order valence-electron chi connectivity index (χ4n) is 2.80. The first kappa shape index (κ1) is 13.7. The topological polar surface area (TPSA) is 48.4 Å². The molecule has 3 rings (SSSR count). The predicted octanol–water partition coefficient (Wildman–Crippen LogP) is 4.05. The molecule has 3 heteroatoms. The summed E-state index contributed by atoms with van der Waals surface area (Å²) in [6.45, 7) is 2.08. The van der Waals surface area contributed by atoms with E-state index in [1.165, 1.54) is 0 Å². The first-order valence-electron chi connectivity index (χ1n) is 7.15. The summed E-state index contributed by atoms with van der Waals surface area (Å²) in [5.74, 6) is 1.74. The van der Waals surface area contributed by atoms with E-state index in [-0.39, 0.29) is 6.04 Å². The van der Waals surface area contributed by atoms with Crippen LogP contribution in [-0.4, -0.2) is 7.11 Å². The summed E-state index contributed by atoms with van der Waals surface area (Å²) in [5.41, 5.74) is 9.45. The van der Waals surface area contributed by atoms with Crippen molar-refractivity contribution < 1.29 is 9.15 Å². The Morgan fingerprint density at radius 1 is 1.10 bits per heavy atom. The van der Waals surface area contributed by atoms with Crippen LogP contribution in [0.3, 0.4) is 0 Å². The summed E-state index contributed by atoms with van der Waals surface area (Å²) >= 11 is 0. The van der Waals surface area contributed by atoms with E-state index in [1.54, 1.807) is 7.11 Å². The fourth-order valence-corrected chi connectivity index (χ4v) is 2.80. The monoisotopic (exact) mass is 281 g/mol. The van der Waals surface area contributed by atoms with Gasteiger partial charge < -0.3 is 14.9 Å². The van der Waals surface area contributed by atoms with Crippen molar-refractivity contribution in [3.63, 3.8) is 0 Å². The largest absolute Gasteiger partial charge is 0.496 e. The Balaban J connectivity index is 2.19.